The Kier molecular flexibility index (Phi) is 3.21. The van der Waals surface area contributed by atoms with Gasteiger partial charge in [-0.2, -0.15) is 0 Å². The summed E-state index contributed by atoms with van der Waals surface area (Å²) in [4.78, 5) is 12.1. The molecule has 0 aromatic carbocycles. The normalized spacial score (nSPS) is 24.9. The third-order valence-electron chi connectivity index (χ3n) is 1.58. The molecule has 2 nitrogen and oxygen atoms in total. The molecule has 1 aliphatic heterocycles. The van der Waals surface area contributed by atoms with E-state index in [9.17, 15) is 4.79 Å². The lowest BCUT2D eigenvalue weighted by Crippen LogP contribution is -2.27. The monoisotopic (exact) mass is 193 g/mol. The van der Waals surface area contributed by atoms with Gasteiger partial charge in [-0.05, 0) is 30.9 Å². The number of allylic oxidation sites excluding steroid dienone is 1. The van der Waals surface area contributed by atoms with Gasteiger partial charge in [0.15, 0.2) is 0 Å². The minimum Gasteiger partial charge on any atom is -0.289 e. The fourth-order valence-corrected chi connectivity index (χ4v) is 1.53. The Morgan fingerprint density at radius 2 is 2.36 bits per heavy atom. The van der Waals surface area contributed by atoms with E-state index in [4.69, 9.17) is 23.2 Å². The molecule has 0 spiro atoms. The zero-order valence-electron chi connectivity index (χ0n) is 5.96. The molecule has 0 aliphatic carbocycles. The molecule has 1 unspecified atom stereocenters. The topological polar surface area (TPSA) is 20.3 Å². The highest BCUT2D eigenvalue weighted by Crippen LogP contribution is 2.19. The van der Waals surface area contributed by atoms with E-state index in [-0.39, 0.29) is 5.50 Å². The van der Waals surface area contributed by atoms with Crippen LogP contribution < -0.4 is 0 Å². The Morgan fingerprint density at radius 3 is 3.00 bits per heavy atom. The van der Waals surface area contributed by atoms with Crippen molar-refractivity contribution in [1.29, 1.82) is 0 Å². The second kappa shape index (κ2) is 3.98. The van der Waals surface area contributed by atoms with Gasteiger partial charge in [0.25, 0.3) is 0 Å². The number of amides is 1. The van der Waals surface area contributed by atoms with Gasteiger partial charge in [0.1, 0.15) is 5.50 Å². The van der Waals surface area contributed by atoms with E-state index in [1.54, 1.807) is 6.20 Å². The Labute approximate surface area is 75.8 Å². The number of rotatable bonds is 0. The fourth-order valence-electron chi connectivity index (χ4n) is 0.993. The van der Waals surface area contributed by atoms with Crippen molar-refractivity contribution in [3.05, 3.63) is 12.3 Å². The molecule has 1 amide bonds. The van der Waals surface area contributed by atoms with E-state index in [1.165, 1.54) is 4.90 Å². The van der Waals surface area contributed by atoms with Gasteiger partial charge in [0.05, 0.1) is 0 Å². The quantitative estimate of drug-likeness (QED) is 0.330. The van der Waals surface area contributed by atoms with Gasteiger partial charge in [-0.25, -0.2) is 0 Å². The zero-order valence-corrected chi connectivity index (χ0v) is 7.48. The van der Waals surface area contributed by atoms with Gasteiger partial charge in [-0.15, -0.1) is 0 Å². The van der Waals surface area contributed by atoms with Crippen molar-refractivity contribution < 1.29 is 4.79 Å². The molecule has 1 rings (SSSR count). The maximum atomic E-state index is 10.7. The van der Waals surface area contributed by atoms with Gasteiger partial charge in [0.2, 0.25) is 0 Å². The first-order chi connectivity index (χ1) is 5.22. The Morgan fingerprint density at radius 1 is 1.64 bits per heavy atom. The molecule has 0 aromatic heterocycles. The molecule has 1 aliphatic rings. The molecule has 4 heteroatoms. The summed E-state index contributed by atoms with van der Waals surface area (Å²) in [5, 5.41) is -0.511. The Bertz CT molecular complexity index is 181. The van der Waals surface area contributed by atoms with Crippen LogP contribution in [0, 0.1) is 0 Å². The molecule has 0 saturated carbocycles. The van der Waals surface area contributed by atoms with Gasteiger partial charge >= 0.3 is 5.37 Å². The SMILES string of the molecule is O=C(Cl)N1C=CCCCC1Cl. The van der Waals surface area contributed by atoms with E-state index in [0.29, 0.717) is 0 Å². The summed E-state index contributed by atoms with van der Waals surface area (Å²) in [6.45, 7) is 0. The molecular weight excluding hydrogens is 185 g/mol. The number of hydrogen-bond donors (Lipinski definition) is 0. The zero-order chi connectivity index (χ0) is 8.27. The van der Waals surface area contributed by atoms with Gasteiger partial charge in [0, 0.05) is 6.20 Å². The molecular formula is C7H9Cl2NO. The van der Waals surface area contributed by atoms with Gasteiger partial charge < -0.3 is 0 Å². The van der Waals surface area contributed by atoms with Crippen molar-refractivity contribution in [2.75, 3.05) is 0 Å². The lowest BCUT2D eigenvalue weighted by atomic mass is 10.2. The van der Waals surface area contributed by atoms with Gasteiger partial charge in [-0.1, -0.05) is 17.7 Å². The average molecular weight is 194 g/mol. The van der Waals surface area contributed by atoms with Crippen LogP contribution in [0.1, 0.15) is 19.3 Å². The van der Waals surface area contributed by atoms with Crippen LogP contribution in [0.2, 0.25) is 0 Å². The number of carbonyl (C=O) groups is 1. The Hall–Kier alpha value is -0.210. The van der Waals surface area contributed by atoms with E-state index in [0.717, 1.165) is 19.3 Å². The van der Waals surface area contributed by atoms with E-state index >= 15 is 0 Å². The summed E-state index contributed by atoms with van der Waals surface area (Å²) in [7, 11) is 0. The number of hydrogen-bond acceptors (Lipinski definition) is 1. The summed E-state index contributed by atoms with van der Waals surface area (Å²) < 4.78 is 0. The summed E-state index contributed by atoms with van der Waals surface area (Å²) in [6.07, 6.45) is 6.32. The Balaban J connectivity index is 2.65. The minimum atomic E-state index is -0.511. The average Bonchev–Trinajstić information content (AvgIpc) is 2.13. The van der Waals surface area contributed by atoms with Crippen molar-refractivity contribution >= 4 is 28.6 Å². The van der Waals surface area contributed by atoms with Crippen LogP contribution in [0.25, 0.3) is 0 Å². The highest BCUT2D eigenvalue weighted by Gasteiger charge is 2.18. The van der Waals surface area contributed by atoms with Crippen molar-refractivity contribution in [2.24, 2.45) is 0 Å². The third kappa shape index (κ3) is 2.38. The number of nitrogens with zero attached hydrogens (tertiary/aromatic N) is 1. The van der Waals surface area contributed by atoms with Crippen molar-refractivity contribution in [3.8, 4) is 0 Å². The first-order valence-corrected chi connectivity index (χ1v) is 4.32. The van der Waals surface area contributed by atoms with Crippen LogP contribution in [-0.4, -0.2) is 15.8 Å². The molecule has 0 bridgehead atoms. The molecule has 1 heterocycles. The summed E-state index contributed by atoms with van der Waals surface area (Å²) in [6, 6.07) is 0. The lowest BCUT2D eigenvalue weighted by Gasteiger charge is -2.18. The first-order valence-electron chi connectivity index (χ1n) is 3.50. The van der Waals surface area contributed by atoms with E-state index in [1.807, 2.05) is 6.08 Å². The van der Waals surface area contributed by atoms with Crippen LogP contribution >= 0.6 is 23.2 Å². The summed E-state index contributed by atoms with van der Waals surface area (Å²) in [5.41, 5.74) is -0.279. The van der Waals surface area contributed by atoms with Gasteiger partial charge in [-0.3, -0.25) is 9.69 Å². The maximum Gasteiger partial charge on any atom is 0.321 e. The van der Waals surface area contributed by atoms with Crippen LogP contribution in [0.15, 0.2) is 12.3 Å². The molecule has 0 fully saturated rings. The van der Waals surface area contributed by atoms with Crippen LogP contribution in [-0.2, 0) is 0 Å². The maximum absolute atomic E-state index is 10.7. The highest BCUT2D eigenvalue weighted by molar-refractivity contribution is 6.63. The third-order valence-corrected chi connectivity index (χ3v) is 2.21. The molecule has 0 N–H and O–H groups in total. The van der Waals surface area contributed by atoms with E-state index in [2.05, 4.69) is 0 Å². The molecule has 0 saturated heterocycles. The molecule has 11 heavy (non-hydrogen) atoms. The van der Waals surface area contributed by atoms with Crippen LogP contribution in [0.3, 0.4) is 0 Å². The molecule has 1 atom stereocenters. The predicted octanol–water partition coefficient (Wildman–Crippen LogP) is 2.91. The fraction of sp³-hybridized carbons (Fsp3) is 0.571. The number of carbonyl (C=O) groups excluding carboxylic acids is 1. The predicted molar refractivity (Wildman–Crippen MR) is 45.7 cm³/mol. The summed E-state index contributed by atoms with van der Waals surface area (Å²) >= 11 is 11.1. The van der Waals surface area contributed by atoms with Crippen molar-refractivity contribution in [1.82, 2.24) is 4.90 Å². The summed E-state index contributed by atoms with van der Waals surface area (Å²) in [5.74, 6) is 0. The standard InChI is InChI=1S/C7H9Cl2NO/c8-6-4-2-1-3-5-10(6)7(9)11/h3,5-6H,1-2,4H2. The number of halogens is 2. The second-order valence-corrected chi connectivity index (χ2v) is 3.24. The van der Waals surface area contributed by atoms with Crippen molar-refractivity contribution in [3.63, 3.8) is 0 Å². The first kappa shape index (κ1) is 8.88. The molecule has 0 radical (unpaired) electrons. The molecule has 0 aromatic rings. The largest absolute Gasteiger partial charge is 0.321 e. The second-order valence-electron chi connectivity index (χ2n) is 2.41. The number of alkyl halides is 1. The minimum absolute atomic E-state index is 0.279. The smallest absolute Gasteiger partial charge is 0.289 e. The van der Waals surface area contributed by atoms with Crippen molar-refractivity contribution in [2.45, 2.75) is 24.8 Å². The van der Waals surface area contributed by atoms with Crippen LogP contribution in [0.4, 0.5) is 4.79 Å². The van der Waals surface area contributed by atoms with Crippen LogP contribution in [0.5, 0.6) is 0 Å². The molecule has 62 valence electrons. The van der Waals surface area contributed by atoms with E-state index < -0.39 is 5.37 Å². The lowest BCUT2D eigenvalue weighted by molar-refractivity contribution is 0.233. The highest BCUT2D eigenvalue weighted by atomic mass is 35.5.